The zero-order valence-corrected chi connectivity index (χ0v) is 10.5. The van der Waals surface area contributed by atoms with Crippen LogP contribution in [0.25, 0.3) is 0 Å². The van der Waals surface area contributed by atoms with Crippen LogP contribution in [0.3, 0.4) is 0 Å². The molecule has 1 fully saturated rings. The SMILES string of the molecule is CC1(C)CCC(Oc2cc(N)cc(F)c2)CC1. The van der Waals surface area contributed by atoms with Crippen LogP contribution in [0.15, 0.2) is 18.2 Å². The smallest absolute Gasteiger partial charge is 0.128 e. The first-order valence-corrected chi connectivity index (χ1v) is 6.17. The van der Waals surface area contributed by atoms with Crippen molar-refractivity contribution in [1.29, 1.82) is 0 Å². The maximum absolute atomic E-state index is 13.1. The van der Waals surface area contributed by atoms with E-state index in [2.05, 4.69) is 13.8 Å². The molecule has 94 valence electrons. The zero-order chi connectivity index (χ0) is 12.5. The molecular formula is C14H20FNO. The van der Waals surface area contributed by atoms with E-state index in [9.17, 15) is 4.39 Å². The first-order chi connectivity index (χ1) is 7.94. The maximum atomic E-state index is 13.1. The number of nitrogens with two attached hydrogens (primary N) is 1. The van der Waals surface area contributed by atoms with Crippen LogP contribution in [0.2, 0.25) is 0 Å². The van der Waals surface area contributed by atoms with Crippen LogP contribution in [-0.4, -0.2) is 6.10 Å². The van der Waals surface area contributed by atoms with Gasteiger partial charge < -0.3 is 10.5 Å². The van der Waals surface area contributed by atoms with Gasteiger partial charge in [0.25, 0.3) is 0 Å². The standard InChI is InChI=1S/C14H20FNO/c1-14(2)5-3-12(4-6-14)17-13-8-10(15)7-11(16)9-13/h7-9,12H,3-6,16H2,1-2H3. The van der Waals surface area contributed by atoms with Crippen molar-refractivity contribution in [2.45, 2.75) is 45.6 Å². The van der Waals surface area contributed by atoms with Gasteiger partial charge in [0, 0.05) is 17.8 Å². The van der Waals surface area contributed by atoms with Gasteiger partial charge in [-0.3, -0.25) is 0 Å². The van der Waals surface area contributed by atoms with Gasteiger partial charge in [-0.1, -0.05) is 13.8 Å². The van der Waals surface area contributed by atoms with Gasteiger partial charge in [-0.25, -0.2) is 4.39 Å². The van der Waals surface area contributed by atoms with Gasteiger partial charge in [-0.15, -0.1) is 0 Å². The summed E-state index contributed by atoms with van der Waals surface area (Å²) in [5.41, 5.74) is 6.42. The number of nitrogen functional groups attached to an aromatic ring is 1. The summed E-state index contributed by atoms with van der Waals surface area (Å²) in [6.45, 7) is 4.56. The van der Waals surface area contributed by atoms with Gasteiger partial charge in [-0.05, 0) is 37.2 Å². The molecule has 0 atom stereocenters. The average molecular weight is 237 g/mol. The minimum Gasteiger partial charge on any atom is -0.490 e. The lowest BCUT2D eigenvalue weighted by Crippen LogP contribution is -2.28. The van der Waals surface area contributed by atoms with Crippen molar-refractivity contribution in [3.8, 4) is 5.75 Å². The fourth-order valence-corrected chi connectivity index (χ4v) is 2.34. The third-order valence-corrected chi connectivity index (χ3v) is 3.48. The molecule has 0 spiro atoms. The van der Waals surface area contributed by atoms with Gasteiger partial charge in [0.15, 0.2) is 0 Å². The fraction of sp³-hybridized carbons (Fsp3) is 0.571. The molecule has 0 aromatic heterocycles. The number of hydrogen-bond donors (Lipinski definition) is 1. The molecule has 2 N–H and O–H groups in total. The van der Waals surface area contributed by atoms with Crippen molar-refractivity contribution in [3.05, 3.63) is 24.0 Å². The Morgan fingerprint density at radius 2 is 1.88 bits per heavy atom. The quantitative estimate of drug-likeness (QED) is 0.795. The topological polar surface area (TPSA) is 35.2 Å². The summed E-state index contributed by atoms with van der Waals surface area (Å²) >= 11 is 0. The van der Waals surface area contributed by atoms with Crippen LogP contribution in [0.5, 0.6) is 5.75 Å². The lowest BCUT2D eigenvalue weighted by Gasteiger charge is -2.34. The second kappa shape index (κ2) is 4.55. The first kappa shape index (κ1) is 12.2. The van der Waals surface area contributed by atoms with E-state index in [1.165, 1.54) is 12.1 Å². The molecule has 0 bridgehead atoms. The Hall–Kier alpha value is -1.25. The van der Waals surface area contributed by atoms with Crippen molar-refractivity contribution in [3.63, 3.8) is 0 Å². The first-order valence-electron chi connectivity index (χ1n) is 6.17. The van der Waals surface area contributed by atoms with Crippen LogP contribution < -0.4 is 10.5 Å². The van der Waals surface area contributed by atoms with Crippen LogP contribution in [-0.2, 0) is 0 Å². The van der Waals surface area contributed by atoms with E-state index in [0.29, 0.717) is 16.9 Å². The highest BCUT2D eigenvalue weighted by molar-refractivity contribution is 5.44. The van der Waals surface area contributed by atoms with Crippen molar-refractivity contribution in [1.82, 2.24) is 0 Å². The summed E-state index contributed by atoms with van der Waals surface area (Å²) in [5, 5.41) is 0. The molecule has 0 amide bonds. The summed E-state index contributed by atoms with van der Waals surface area (Å²) in [6.07, 6.45) is 4.57. The fourth-order valence-electron chi connectivity index (χ4n) is 2.34. The van der Waals surface area contributed by atoms with E-state index in [1.54, 1.807) is 6.07 Å². The van der Waals surface area contributed by atoms with Crippen molar-refractivity contribution < 1.29 is 9.13 Å². The number of ether oxygens (including phenoxy) is 1. The molecule has 17 heavy (non-hydrogen) atoms. The highest BCUT2D eigenvalue weighted by atomic mass is 19.1. The molecule has 0 unspecified atom stereocenters. The number of hydrogen-bond acceptors (Lipinski definition) is 2. The Labute approximate surface area is 102 Å². The molecule has 1 aliphatic carbocycles. The predicted molar refractivity (Wildman–Crippen MR) is 67.5 cm³/mol. The van der Waals surface area contributed by atoms with Crippen LogP contribution in [0.1, 0.15) is 39.5 Å². The molecule has 3 heteroatoms. The number of rotatable bonds is 2. The summed E-state index contributed by atoms with van der Waals surface area (Å²) < 4.78 is 18.9. The minimum absolute atomic E-state index is 0.198. The highest BCUT2D eigenvalue weighted by Crippen LogP contribution is 2.36. The summed E-state index contributed by atoms with van der Waals surface area (Å²) in [6, 6.07) is 4.38. The number of benzene rings is 1. The van der Waals surface area contributed by atoms with Gasteiger partial charge in [0.1, 0.15) is 11.6 Å². The predicted octanol–water partition coefficient (Wildman–Crippen LogP) is 3.76. The van der Waals surface area contributed by atoms with Crippen molar-refractivity contribution in [2.24, 2.45) is 5.41 Å². The normalized spacial score (nSPS) is 20.2. The Kier molecular flexibility index (Phi) is 3.27. The zero-order valence-electron chi connectivity index (χ0n) is 10.5. The molecule has 0 radical (unpaired) electrons. The molecule has 1 aliphatic rings. The van der Waals surface area contributed by atoms with E-state index < -0.39 is 0 Å². The van der Waals surface area contributed by atoms with Crippen LogP contribution in [0.4, 0.5) is 10.1 Å². The molecule has 1 saturated carbocycles. The van der Waals surface area contributed by atoms with Gasteiger partial charge in [-0.2, -0.15) is 0 Å². The van der Waals surface area contributed by atoms with Gasteiger partial charge in [0.05, 0.1) is 6.10 Å². The summed E-state index contributed by atoms with van der Waals surface area (Å²) in [5.74, 6) is 0.211. The molecule has 2 nitrogen and oxygen atoms in total. The Morgan fingerprint density at radius 1 is 1.24 bits per heavy atom. The van der Waals surface area contributed by atoms with Crippen molar-refractivity contribution >= 4 is 5.69 Å². The lowest BCUT2D eigenvalue weighted by molar-refractivity contribution is 0.0985. The molecule has 2 rings (SSSR count). The molecule has 1 aromatic carbocycles. The largest absolute Gasteiger partial charge is 0.490 e. The van der Waals surface area contributed by atoms with E-state index in [-0.39, 0.29) is 11.9 Å². The third kappa shape index (κ3) is 3.35. The number of halogens is 1. The highest BCUT2D eigenvalue weighted by Gasteiger charge is 2.27. The second-order valence-electron chi connectivity index (χ2n) is 5.70. The Balaban J connectivity index is 1.97. The number of anilines is 1. The Morgan fingerprint density at radius 3 is 2.47 bits per heavy atom. The molecule has 0 saturated heterocycles. The van der Waals surface area contributed by atoms with E-state index in [4.69, 9.17) is 10.5 Å². The lowest BCUT2D eigenvalue weighted by atomic mass is 9.76. The van der Waals surface area contributed by atoms with E-state index >= 15 is 0 Å². The minimum atomic E-state index is -0.337. The van der Waals surface area contributed by atoms with E-state index in [1.807, 2.05) is 0 Å². The molecule has 0 aliphatic heterocycles. The van der Waals surface area contributed by atoms with Gasteiger partial charge in [0.2, 0.25) is 0 Å². The van der Waals surface area contributed by atoms with E-state index in [0.717, 1.165) is 25.7 Å². The van der Waals surface area contributed by atoms with Crippen LogP contribution >= 0.6 is 0 Å². The maximum Gasteiger partial charge on any atom is 0.128 e. The van der Waals surface area contributed by atoms with Gasteiger partial charge >= 0.3 is 0 Å². The summed E-state index contributed by atoms with van der Waals surface area (Å²) in [4.78, 5) is 0. The Bertz CT molecular complexity index is 373. The summed E-state index contributed by atoms with van der Waals surface area (Å²) in [7, 11) is 0. The van der Waals surface area contributed by atoms with Crippen molar-refractivity contribution in [2.75, 3.05) is 5.73 Å². The van der Waals surface area contributed by atoms with Crippen LogP contribution in [0, 0.1) is 11.2 Å². The molecule has 0 heterocycles. The molecular weight excluding hydrogens is 217 g/mol. The average Bonchev–Trinajstić information content (AvgIpc) is 2.20. The second-order valence-corrected chi connectivity index (χ2v) is 5.70. The molecule has 1 aromatic rings. The monoisotopic (exact) mass is 237 g/mol. The third-order valence-electron chi connectivity index (χ3n) is 3.48.